The number of carbonyl (C=O) groups excluding carboxylic acids is 1. The maximum absolute atomic E-state index is 13.4. The van der Waals surface area contributed by atoms with E-state index in [0.29, 0.717) is 5.56 Å². The lowest BCUT2D eigenvalue weighted by molar-refractivity contribution is -0.0885. The van der Waals surface area contributed by atoms with Crippen molar-refractivity contribution in [2.45, 2.75) is 12.7 Å². The molecule has 0 spiro atoms. The van der Waals surface area contributed by atoms with Crippen LogP contribution in [0, 0.1) is 5.82 Å². The Bertz CT molecular complexity index is 601. The van der Waals surface area contributed by atoms with E-state index in [1.165, 1.54) is 29.0 Å². The number of alkyl halides is 3. The summed E-state index contributed by atoms with van der Waals surface area (Å²) in [4.78, 5) is 11.0. The molecule has 100 valence electrons. The van der Waals surface area contributed by atoms with Crippen LogP contribution >= 0.6 is 0 Å². The molecule has 1 aromatic carbocycles. The van der Waals surface area contributed by atoms with Crippen LogP contribution < -0.4 is 0 Å². The molecule has 0 N–H and O–H groups in total. The largest absolute Gasteiger partial charge is 0.454 e. The van der Waals surface area contributed by atoms with Crippen molar-refractivity contribution < 1.29 is 22.4 Å². The molecular formula is C13H9F4NO. The summed E-state index contributed by atoms with van der Waals surface area (Å²) in [7, 11) is 0. The van der Waals surface area contributed by atoms with Gasteiger partial charge in [-0.05, 0) is 12.1 Å². The molecule has 2 nitrogen and oxygen atoms in total. The molecule has 0 aliphatic carbocycles. The fourth-order valence-corrected chi connectivity index (χ4v) is 1.66. The van der Waals surface area contributed by atoms with Gasteiger partial charge in [0.15, 0.2) is 0 Å². The number of hydrogen-bond acceptors (Lipinski definition) is 1. The van der Waals surface area contributed by atoms with E-state index in [0.717, 1.165) is 12.3 Å². The summed E-state index contributed by atoms with van der Waals surface area (Å²) in [5.74, 6) is -2.35. The van der Waals surface area contributed by atoms with Crippen LogP contribution in [0.1, 0.15) is 15.9 Å². The Balaban J connectivity index is 2.19. The first-order valence-corrected chi connectivity index (χ1v) is 5.38. The van der Waals surface area contributed by atoms with Gasteiger partial charge in [0.2, 0.25) is 0 Å². The van der Waals surface area contributed by atoms with Gasteiger partial charge in [-0.1, -0.05) is 18.2 Å². The van der Waals surface area contributed by atoms with Crippen LogP contribution in [0.25, 0.3) is 0 Å². The summed E-state index contributed by atoms with van der Waals surface area (Å²) in [6.45, 7) is 0.0673. The van der Waals surface area contributed by atoms with E-state index < -0.39 is 23.3 Å². The van der Waals surface area contributed by atoms with E-state index in [1.807, 2.05) is 0 Å². The predicted molar refractivity (Wildman–Crippen MR) is 60.3 cm³/mol. The molecule has 6 heteroatoms. The summed E-state index contributed by atoms with van der Waals surface area (Å²) in [6, 6.07) is 7.01. The minimum atomic E-state index is -4.90. The maximum Gasteiger partial charge on any atom is 0.454 e. The number of carbonyl (C=O) groups is 1. The van der Waals surface area contributed by atoms with E-state index in [4.69, 9.17) is 0 Å². The highest BCUT2D eigenvalue weighted by Gasteiger charge is 2.39. The molecule has 0 aliphatic heterocycles. The lowest BCUT2D eigenvalue weighted by Gasteiger charge is -2.05. The standard InChI is InChI=1S/C13H9F4NO/c14-11-4-2-1-3-9(11)7-18-6-5-10(8-18)12(19)13(15,16)17/h1-6,8H,7H2. The Morgan fingerprint density at radius 3 is 2.47 bits per heavy atom. The topological polar surface area (TPSA) is 22.0 Å². The van der Waals surface area contributed by atoms with Crippen molar-refractivity contribution in [1.29, 1.82) is 0 Å². The summed E-state index contributed by atoms with van der Waals surface area (Å²) < 4.78 is 51.3. The average Bonchev–Trinajstić information content (AvgIpc) is 2.78. The quantitative estimate of drug-likeness (QED) is 0.619. The molecule has 0 bridgehead atoms. The van der Waals surface area contributed by atoms with E-state index in [2.05, 4.69) is 0 Å². The molecule has 2 aromatic rings. The SMILES string of the molecule is O=C(c1ccn(Cc2ccccc2F)c1)C(F)(F)F. The highest BCUT2D eigenvalue weighted by molar-refractivity contribution is 6.00. The number of aromatic nitrogens is 1. The highest BCUT2D eigenvalue weighted by Crippen LogP contribution is 2.22. The van der Waals surface area contributed by atoms with E-state index in [9.17, 15) is 22.4 Å². The van der Waals surface area contributed by atoms with Crippen molar-refractivity contribution in [3.63, 3.8) is 0 Å². The number of hydrogen-bond donors (Lipinski definition) is 0. The third-order valence-corrected chi connectivity index (χ3v) is 2.58. The zero-order chi connectivity index (χ0) is 14.0. The molecule has 19 heavy (non-hydrogen) atoms. The molecule has 0 radical (unpaired) electrons. The smallest absolute Gasteiger partial charge is 0.349 e. The molecule has 0 atom stereocenters. The number of Topliss-reactive ketones (excluding diaryl/α,β-unsaturated/α-hetero) is 1. The molecule has 0 aliphatic rings. The van der Waals surface area contributed by atoms with Gasteiger partial charge in [-0.2, -0.15) is 13.2 Å². The Labute approximate surface area is 106 Å². The zero-order valence-electron chi connectivity index (χ0n) is 9.62. The normalized spacial score (nSPS) is 11.6. The van der Waals surface area contributed by atoms with Crippen LogP contribution in [0.15, 0.2) is 42.7 Å². The Hall–Kier alpha value is -2.11. The molecule has 0 saturated heterocycles. The monoisotopic (exact) mass is 271 g/mol. The van der Waals surface area contributed by atoms with Crippen molar-refractivity contribution in [2.24, 2.45) is 0 Å². The van der Waals surface area contributed by atoms with E-state index in [-0.39, 0.29) is 6.54 Å². The molecular weight excluding hydrogens is 262 g/mol. The van der Waals surface area contributed by atoms with Crippen molar-refractivity contribution in [3.8, 4) is 0 Å². The van der Waals surface area contributed by atoms with E-state index >= 15 is 0 Å². The van der Waals surface area contributed by atoms with Crippen LogP contribution in [-0.2, 0) is 6.54 Å². The highest BCUT2D eigenvalue weighted by atomic mass is 19.4. The third-order valence-electron chi connectivity index (χ3n) is 2.58. The van der Waals surface area contributed by atoms with Crippen LogP contribution in [-0.4, -0.2) is 16.5 Å². The molecule has 2 rings (SSSR count). The molecule has 0 fully saturated rings. The number of rotatable bonds is 3. The van der Waals surface area contributed by atoms with Crippen molar-refractivity contribution in [1.82, 2.24) is 4.57 Å². The summed E-state index contributed by atoms with van der Waals surface area (Å²) in [6.07, 6.45) is -2.53. The summed E-state index contributed by atoms with van der Waals surface area (Å²) >= 11 is 0. The molecule has 1 heterocycles. The Morgan fingerprint density at radius 1 is 1.16 bits per heavy atom. The zero-order valence-corrected chi connectivity index (χ0v) is 9.62. The van der Waals surface area contributed by atoms with Crippen LogP contribution in [0.4, 0.5) is 17.6 Å². The number of halogens is 4. The first-order valence-electron chi connectivity index (χ1n) is 5.38. The van der Waals surface area contributed by atoms with Gasteiger partial charge < -0.3 is 4.57 Å². The third kappa shape index (κ3) is 3.01. The molecule has 0 saturated carbocycles. The van der Waals surface area contributed by atoms with Crippen molar-refractivity contribution in [2.75, 3.05) is 0 Å². The minimum absolute atomic E-state index is 0.0673. The minimum Gasteiger partial charge on any atom is -0.349 e. The van der Waals surface area contributed by atoms with Crippen LogP contribution in [0.3, 0.4) is 0 Å². The Morgan fingerprint density at radius 2 is 1.84 bits per heavy atom. The van der Waals surface area contributed by atoms with Gasteiger partial charge in [-0.3, -0.25) is 4.79 Å². The second-order valence-electron chi connectivity index (χ2n) is 3.99. The van der Waals surface area contributed by atoms with Crippen molar-refractivity contribution in [3.05, 3.63) is 59.7 Å². The maximum atomic E-state index is 13.4. The Kier molecular flexibility index (Phi) is 3.42. The first-order chi connectivity index (χ1) is 8.88. The molecule has 0 amide bonds. The number of nitrogens with zero attached hydrogens (tertiary/aromatic N) is 1. The van der Waals surface area contributed by atoms with E-state index in [1.54, 1.807) is 6.07 Å². The van der Waals surface area contributed by atoms with Gasteiger partial charge in [0.25, 0.3) is 5.78 Å². The van der Waals surface area contributed by atoms with Gasteiger partial charge in [-0.15, -0.1) is 0 Å². The predicted octanol–water partition coefficient (Wildman–Crippen LogP) is 3.42. The lowest BCUT2D eigenvalue weighted by Crippen LogP contribution is -2.22. The second-order valence-corrected chi connectivity index (χ2v) is 3.99. The van der Waals surface area contributed by atoms with Crippen LogP contribution in [0.2, 0.25) is 0 Å². The summed E-state index contributed by atoms with van der Waals surface area (Å²) in [5, 5.41) is 0. The average molecular weight is 271 g/mol. The van der Waals surface area contributed by atoms with Gasteiger partial charge in [0.05, 0.1) is 0 Å². The summed E-state index contributed by atoms with van der Waals surface area (Å²) in [5.41, 5.74) is -0.118. The van der Waals surface area contributed by atoms with Gasteiger partial charge >= 0.3 is 6.18 Å². The molecule has 0 unspecified atom stereocenters. The number of ketones is 1. The van der Waals surface area contributed by atoms with Gasteiger partial charge in [0, 0.05) is 30.1 Å². The molecule has 1 aromatic heterocycles. The first kappa shape index (κ1) is 13.3. The van der Waals surface area contributed by atoms with Gasteiger partial charge in [0.1, 0.15) is 5.82 Å². The lowest BCUT2D eigenvalue weighted by atomic mass is 10.2. The van der Waals surface area contributed by atoms with Crippen LogP contribution in [0.5, 0.6) is 0 Å². The van der Waals surface area contributed by atoms with Gasteiger partial charge in [-0.25, -0.2) is 4.39 Å². The number of benzene rings is 1. The fourth-order valence-electron chi connectivity index (χ4n) is 1.66. The fraction of sp³-hybridized carbons (Fsp3) is 0.154. The second kappa shape index (κ2) is 4.87. The van der Waals surface area contributed by atoms with Crippen molar-refractivity contribution >= 4 is 5.78 Å².